The van der Waals surface area contributed by atoms with Crippen LogP contribution < -0.4 is 0 Å². The van der Waals surface area contributed by atoms with E-state index in [-0.39, 0.29) is 5.69 Å². The first-order valence-corrected chi connectivity index (χ1v) is 5.56. The number of hydrogen-bond donors (Lipinski definition) is 0. The number of aromatic nitrogens is 2. The number of aryl methyl sites for hydroxylation is 1. The number of halogens is 3. The highest BCUT2D eigenvalue weighted by Crippen LogP contribution is 2.28. The third-order valence-corrected chi connectivity index (χ3v) is 3.19. The second-order valence-electron chi connectivity index (χ2n) is 3.91. The van der Waals surface area contributed by atoms with Gasteiger partial charge in [0.15, 0.2) is 5.82 Å². The van der Waals surface area contributed by atoms with Gasteiger partial charge in [-0.05, 0) is 13.8 Å². The Labute approximate surface area is 111 Å². The van der Waals surface area contributed by atoms with E-state index in [1.807, 2.05) is 0 Å². The van der Waals surface area contributed by atoms with Gasteiger partial charge in [0.25, 0.3) is 0 Å². The fraction of sp³-hybridized carbons (Fsp3) is 0.182. The summed E-state index contributed by atoms with van der Waals surface area (Å²) in [7, 11) is 0. The lowest BCUT2D eigenvalue weighted by molar-refractivity contribution is -0.387. The summed E-state index contributed by atoms with van der Waals surface area (Å²) in [5.41, 5.74) is -0.176. The van der Waals surface area contributed by atoms with Crippen LogP contribution in [0.15, 0.2) is 12.1 Å². The zero-order valence-corrected chi connectivity index (χ0v) is 10.7. The zero-order valence-electron chi connectivity index (χ0n) is 9.95. The van der Waals surface area contributed by atoms with E-state index in [0.717, 1.165) is 10.7 Å². The Morgan fingerprint density at radius 2 is 1.95 bits per heavy atom. The third-order valence-electron chi connectivity index (χ3n) is 2.64. The molecule has 0 aliphatic heterocycles. The summed E-state index contributed by atoms with van der Waals surface area (Å²) in [6.45, 7) is 3.19. The van der Waals surface area contributed by atoms with E-state index in [1.165, 1.54) is 0 Å². The summed E-state index contributed by atoms with van der Waals surface area (Å²) < 4.78 is 28.1. The van der Waals surface area contributed by atoms with Gasteiger partial charge in [0, 0.05) is 12.1 Å². The van der Waals surface area contributed by atoms with Gasteiger partial charge in [0.1, 0.15) is 5.69 Å². The Hall–Kier alpha value is -2.02. The standard InChI is InChI=1S/C11H8ClF2N3O2/c1-5-11(12)6(2)16(15-5)9-4-10(17(18)19)8(14)3-7(9)13/h3-4H,1-2H3. The summed E-state index contributed by atoms with van der Waals surface area (Å²) in [5, 5.41) is 15.0. The van der Waals surface area contributed by atoms with Crippen LogP contribution in [0.3, 0.4) is 0 Å². The van der Waals surface area contributed by atoms with Crippen molar-refractivity contribution in [2.24, 2.45) is 0 Å². The molecule has 0 amide bonds. The molecule has 0 radical (unpaired) electrons. The average molecular weight is 288 g/mol. The molecule has 100 valence electrons. The molecule has 0 spiro atoms. The minimum absolute atomic E-state index is 0.222. The van der Waals surface area contributed by atoms with Crippen molar-refractivity contribution < 1.29 is 13.7 Å². The molecule has 0 bridgehead atoms. The monoisotopic (exact) mass is 287 g/mol. The van der Waals surface area contributed by atoms with Gasteiger partial charge in [-0.25, -0.2) is 9.07 Å². The van der Waals surface area contributed by atoms with Crippen LogP contribution in [0.5, 0.6) is 0 Å². The van der Waals surface area contributed by atoms with Gasteiger partial charge in [0.2, 0.25) is 5.82 Å². The summed E-state index contributed by atoms with van der Waals surface area (Å²) in [4.78, 5) is 9.74. The van der Waals surface area contributed by atoms with Gasteiger partial charge >= 0.3 is 5.69 Å². The number of nitrogens with zero attached hydrogens (tertiary/aromatic N) is 3. The lowest BCUT2D eigenvalue weighted by atomic mass is 10.2. The molecule has 1 heterocycles. The maximum Gasteiger partial charge on any atom is 0.307 e. The van der Waals surface area contributed by atoms with Crippen molar-refractivity contribution in [3.05, 3.63) is 50.3 Å². The molecule has 0 unspecified atom stereocenters. The topological polar surface area (TPSA) is 61.0 Å². The minimum Gasteiger partial charge on any atom is -0.258 e. The van der Waals surface area contributed by atoms with E-state index in [1.54, 1.807) is 13.8 Å². The van der Waals surface area contributed by atoms with Crippen LogP contribution in [0.25, 0.3) is 5.69 Å². The molecule has 0 saturated carbocycles. The fourth-order valence-electron chi connectivity index (χ4n) is 1.69. The van der Waals surface area contributed by atoms with Crippen LogP contribution in [0.1, 0.15) is 11.4 Å². The first-order chi connectivity index (χ1) is 8.82. The average Bonchev–Trinajstić information content (AvgIpc) is 2.57. The number of nitro benzene ring substituents is 1. The highest BCUT2D eigenvalue weighted by molar-refractivity contribution is 6.31. The third kappa shape index (κ3) is 2.17. The molecular formula is C11H8ClF2N3O2. The van der Waals surface area contributed by atoms with Crippen LogP contribution in [0, 0.1) is 35.6 Å². The van der Waals surface area contributed by atoms with Gasteiger partial charge in [0.05, 0.1) is 21.3 Å². The molecule has 1 aromatic carbocycles. The van der Waals surface area contributed by atoms with Crippen molar-refractivity contribution in [3.63, 3.8) is 0 Å². The SMILES string of the molecule is Cc1nn(-c2cc([N+](=O)[O-])c(F)cc2F)c(C)c1Cl. The lowest BCUT2D eigenvalue weighted by Gasteiger charge is -2.06. The van der Waals surface area contributed by atoms with E-state index in [0.29, 0.717) is 22.5 Å². The van der Waals surface area contributed by atoms with Crippen molar-refractivity contribution in [1.82, 2.24) is 9.78 Å². The van der Waals surface area contributed by atoms with Gasteiger partial charge < -0.3 is 0 Å². The van der Waals surface area contributed by atoms with E-state index >= 15 is 0 Å². The van der Waals surface area contributed by atoms with E-state index in [4.69, 9.17) is 11.6 Å². The number of hydrogen-bond acceptors (Lipinski definition) is 3. The first kappa shape index (κ1) is 13.4. The predicted octanol–water partition coefficient (Wildman–Crippen LogP) is 3.33. The zero-order chi connectivity index (χ0) is 14.3. The molecule has 2 rings (SSSR count). The molecule has 8 heteroatoms. The molecule has 0 fully saturated rings. The highest BCUT2D eigenvalue weighted by Gasteiger charge is 2.22. The van der Waals surface area contributed by atoms with Gasteiger partial charge in [-0.15, -0.1) is 0 Å². The Morgan fingerprint density at radius 1 is 1.32 bits per heavy atom. The number of benzene rings is 1. The molecule has 1 aromatic heterocycles. The Bertz CT molecular complexity index is 685. The highest BCUT2D eigenvalue weighted by atomic mass is 35.5. The molecule has 5 nitrogen and oxygen atoms in total. The smallest absolute Gasteiger partial charge is 0.258 e. The Balaban J connectivity index is 2.71. The van der Waals surface area contributed by atoms with Crippen molar-refractivity contribution in [1.29, 1.82) is 0 Å². The predicted molar refractivity (Wildman–Crippen MR) is 64.6 cm³/mol. The molecule has 0 atom stereocenters. The van der Waals surface area contributed by atoms with Crippen molar-refractivity contribution >= 4 is 17.3 Å². The maximum absolute atomic E-state index is 13.7. The van der Waals surface area contributed by atoms with Gasteiger partial charge in [-0.2, -0.15) is 9.49 Å². The van der Waals surface area contributed by atoms with E-state index in [2.05, 4.69) is 5.10 Å². The number of rotatable bonds is 2. The second kappa shape index (κ2) is 4.58. The molecule has 0 saturated heterocycles. The molecular weight excluding hydrogens is 280 g/mol. The largest absolute Gasteiger partial charge is 0.307 e. The Kier molecular flexibility index (Phi) is 3.23. The summed E-state index contributed by atoms with van der Waals surface area (Å²) in [6, 6.07) is 1.25. The maximum atomic E-state index is 13.7. The lowest BCUT2D eigenvalue weighted by Crippen LogP contribution is -2.05. The van der Waals surface area contributed by atoms with Gasteiger partial charge in [-0.1, -0.05) is 11.6 Å². The normalized spacial score (nSPS) is 10.8. The van der Waals surface area contributed by atoms with Gasteiger partial charge in [-0.3, -0.25) is 10.1 Å². The van der Waals surface area contributed by atoms with Crippen molar-refractivity contribution in [2.45, 2.75) is 13.8 Å². The van der Waals surface area contributed by atoms with Crippen molar-refractivity contribution in [2.75, 3.05) is 0 Å². The number of nitro groups is 1. The second-order valence-corrected chi connectivity index (χ2v) is 4.29. The van der Waals surface area contributed by atoms with Crippen molar-refractivity contribution in [3.8, 4) is 5.69 Å². The quantitative estimate of drug-likeness (QED) is 0.629. The van der Waals surface area contributed by atoms with Crippen LogP contribution in [-0.2, 0) is 0 Å². The van der Waals surface area contributed by atoms with Crippen LogP contribution in [0.2, 0.25) is 5.02 Å². The first-order valence-electron chi connectivity index (χ1n) is 5.18. The van der Waals surface area contributed by atoms with Crippen LogP contribution in [-0.4, -0.2) is 14.7 Å². The van der Waals surface area contributed by atoms with E-state index < -0.39 is 22.2 Å². The molecule has 0 N–H and O–H groups in total. The van der Waals surface area contributed by atoms with Crippen LogP contribution in [0.4, 0.5) is 14.5 Å². The molecule has 2 aromatic rings. The minimum atomic E-state index is -1.24. The molecule has 19 heavy (non-hydrogen) atoms. The molecule has 0 aliphatic carbocycles. The van der Waals surface area contributed by atoms with E-state index in [9.17, 15) is 18.9 Å². The fourth-order valence-corrected chi connectivity index (χ4v) is 1.80. The summed E-state index contributed by atoms with van der Waals surface area (Å²) in [5.74, 6) is -2.19. The summed E-state index contributed by atoms with van der Waals surface area (Å²) in [6.07, 6.45) is 0. The molecule has 0 aliphatic rings. The summed E-state index contributed by atoms with van der Waals surface area (Å²) >= 11 is 5.92. The van der Waals surface area contributed by atoms with Crippen LogP contribution >= 0.6 is 11.6 Å². The Morgan fingerprint density at radius 3 is 2.42 bits per heavy atom.